The Balaban J connectivity index is 2.97. The predicted molar refractivity (Wildman–Crippen MR) is 66.3 cm³/mol. The molecule has 1 amide bonds. The molecule has 0 spiro atoms. The van der Waals surface area contributed by atoms with Gasteiger partial charge in [0.1, 0.15) is 5.75 Å². The number of hydrogen-bond acceptors (Lipinski definition) is 3. The average Bonchev–Trinajstić information content (AvgIpc) is 2.32. The van der Waals surface area contributed by atoms with E-state index in [1.54, 1.807) is 14.2 Å². The zero-order valence-corrected chi connectivity index (χ0v) is 11.0. The van der Waals surface area contributed by atoms with Crippen LogP contribution in [-0.2, 0) is 11.3 Å². The van der Waals surface area contributed by atoms with Crippen LogP contribution in [0.4, 0.5) is 4.79 Å². The quantitative estimate of drug-likeness (QED) is 0.810. The fraction of sp³-hybridized carbons (Fsp3) is 0.462. The number of benzene rings is 1. The van der Waals surface area contributed by atoms with Crippen molar-refractivity contribution < 1.29 is 14.3 Å². The molecule has 0 aliphatic carbocycles. The lowest BCUT2D eigenvalue weighted by Gasteiger charge is -2.18. The van der Waals surface area contributed by atoms with Crippen LogP contribution in [0.1, 0.15) is 16.7 Å². The SMILES string of the molecule is COC(=O)N(C)Cc1cc(C)c(C)cc1OC. The highest BCUT2D eigenvalue weighted by atomic mass is 16.5. The van der Waals surface area contributed by atoms with Gasteiger partial charge in [0, 0.05) is 12.6 Å². The van der Waals surface area contributed by atoms with E-state index in [0.29, 0.717) is 6.54 Å². The van der Waals surface area contributed by atoms with Gasteiger partial charge in [-0.1, -0.05) is 6.07 Å². The van der Waals surface area contributed by atoms with Crippen molar-refractivity contribution in [2.75, 3.05) is 21.3 Å². The van der Waals surface area contributed by atoms with Gasteiger partial charge in [-0.2, -0.15) is 0 Å². The molecule has 94 valence electrons. The summed E-state index contributed by atoms with van der Waals surface area (Å²) < 4.78 is 9.97. The standard InChI is InChI=1S/C13H19NO3/c1-9-6-11(8-14(3)13(15)17-5)12(16-4)7-10(9)2/h6-7H,8H2,1-5H3. The molecule has 0 fully saturated rings. The lowest BCUT2D eigenvalue weighted by Crippen LogP contribution is -2.26. The van der Waals surface area contributed by atoms with E-state index in [2.05, 4.69) is 4.74 Å². The lowest BCUT2D eigenvalue weighted by atomic mass is 10.0. The van der Waals surface area contributed by atoms with Crippen molar-refractivity contribution >= 4 is 6.09 Å². The second kappa shape index (κ2) is 5.57. The van der Waals surface area contributed by atoms with Gasteiger partial charge in [-0.3, -0.25) is 0 Å². The van der Waals surface area contributed by atoms with E-state index in [9.17, 15) is 4.79 Å². The number of hydrogen-bond donors (Lipinski definition) is 0. The highest BCUT2D eigenvalue weighted by Gasteiger charge is 2.12. The van der Waals surface area contributed by atoms with Gasteiger partial charge in [0.2, 0.25) is 0 Å². The highest BCUT2D eigenvalue weighted by Crippen LogP contribution is 2.24. The summed E-state index contributed by atoms with van der Waals surface area (Å²) in [7, 11) is 4.70. The second-order valence-electron chi connectivity index (χ2n) is 4.07. The minimum Gasteiger partial charge on any atom is -0.496 e. The van der Waals surface area contributed by atoms with Crippen LogP contribution in [0.25, 0.3) is 0 Å². The Hall–Kier alpha value is -1.71. The maximum absolute atomic E-state index is 11.3. The van der Waals surface area contributed by atoms with E-state index in [1.165, 1.54) is 23.1 Å². The molecule has 0 bridgehead atoms. The topological polar surface area (TPSA) is 38.8 Å². The number of ether oxygens (including phenoxy) is 2. The van der Waals surface area contributed by atoms with Gasteiger partial charge in [0.05, 0.1) is 20.8 Å². The molecule has 1 aromatic carbocycles. The Bertz CT molecular complexity index is 415. The maximum atomic E-state index is 11.3. The van der Waals surface area contributed by atoms with E-state index in [0.717, 1.165) is 11.3 Å². The van der Waals surface area contributed by atoms with Gasteiger partial charge in [-0.15, -0.1) is 0 Å². The molecule has 0 saturated carbocycles. The number of amides is 1. The van der Waals surface area contributed by atoms with Crippen LogP contribution >= 0.6 is 0 Å². The smallest absolute Gasteiger partial charge is 0.409 e. The average molecular weight is 237 g/mol. The summed E-state index contributed by atoms with van der Waals surface area (Å²) in [5, 5.41) is 0. The molecule has 1 aromatic rings. The van der Waals surface area contributed by atoms with E-state index in [4.69, 9.17) is 4.74 Å². The molecule has 0 aliphatic heterocycles. The molecule has 0 aliphatic rings. The minimum atomic E-state index is -0.356. The Morgan fingerprint density at radius 2 is 1.82 bits per heavy atom. The molecular formula is C13H19NO3. The summed E-state index contributed by atoms with van der Waals surface area (Å²) in [6, 6.07) is 4.02. The number of nitrogens with zero attached hydrogens (tertiary/aromatic N) is 1. The van der Waals surface area contributed by atoms with Crippen molar-refractivity contribution in [3.05, 3.63) is 28.8 Å². The maximum Gasteiger partial charge on any atom is 0.409 e. The Morgan fingerprint density at radius 3 is 2.35 bits per heavy atom. The minimum absolute atomic E-state index is 0.356. The molecule has 0 unspecified atom stereocenters. The van der Waals surface area contributed by atoms with Crippen LogP contribution < -0.4 is 4.74 Å². The zero-order valence-electron chi connectivity index (χ0n) is 11.0. The highest BCUT2D eigenvalue weighted by molar-refractivity contribution is 5.67. The summed E-state index contributed by atoms with van der Waals surface area (Å²) >= 11 is 0. The third-order valence-corrected chi connectivity index (χ3v) is 2.79. The first kappa shape index (κ1) is 13.4. The van der Waals surface area contributed by atoms with Crippen LogP contribution in [0, 0.1) is 13.8 Å². The molecule has 4 nitrogen and oxygen atoms in total. The van der Waals surface area contributed by atoms with E-state index in [-0.39, 0.29) is 6.09 Å². The lowest BCUT2D eigenvalue weighted by molar-refractivity contribution is 0.131. The van der Waals surface area contributed by atoms with Crippen molar-refractivity contribution in [3.8, 4) is 5.75 Å². The Labute approximate surface area is 102 Å². The van der Waals surface area contributed by atoms with Crippen LogP contribution in [0.15, 0.2) is 12.1 Å². The van der Waals surface area contributed by atoms with Crippen LogP contribution in [0.3, 0.4) is 0 Å². The molecule has 0 saturated heterocycles. The van der Waals surface area contributed by atoms with Gasteiger partial charge >= 0.3 is 6.09 Å². The van der Waals surface area contributed by atoms with E-state index in [1.807, 2.05) is 26.0 Å². The van der Waals surface area contributed by atoms with Crippen LogP contribution in [-0.4, -0.2) is 32.3 Å². The fourth-order valence-electron chi connectivity index (χ4n) is 1.64. The molecule has 1 rings (SSSR count). The zero-order chi connectivity index (χ0) is 13.0. The van der Waals surface area contributed by atoms with E-state index >= 15 is 0 Å². The Morgan fingerprint density at radius 1 is 1.24 bits per heavy atom. The summed E-state index contributed by atoms with van der Waals surface area (Å²) in [6.45, 7) is 4.54. The summed E-state index contributed by atoms with van der Waals surface area (Å²) in [4.78, 5) is 12.8. The molecule has 0 atom stereocenters. The molecule has 0 N–H and O–H groups in total. The van der Waals surface area contributed by atoms with Gasteiger partial charge in [-0.05, 0) is 31.0 Å². The third-order valence-electron chi connectivity index (χ3n) is 2.79. The summed E-state index contributed by atoms with van der Waals surface area (Å²) in [6.07, 6.45) is -0.356. The van der Waals surface area contributed by atoms with Gasteiger partial charge in [0.15, 0.2) is 0 Å². The van der Waals surface area contributed by atoms with Crippen molar-refractivity contribution in [2.24, 2.45) is 0 Å². The first-order valence-corrected chi connectivity index (χ1v) is 5.42. The van der Waals surface area contributed by atoms with Crippen LogP contribution in [0.2, 0.25) is 0 Å². The van der Waals surface area contributed by atoms with E-state index < -0.39 is 0 Å². The molecule has 4 heteroatoms. The van der Waals surface area contributed by atoms with Crippen molar-refractivity contribution in [3.63, 3.8) is 0 Å². The number of carbonyl (C=O) groups excluding carboxylic acids is 1. The summed E-state index contributed by atoms with van der Waals surface area (Å²) in [5.41, 5.74) is 3.33. The number of carbonyl (C=O) groups is 1. The molecular weight excluding hydrogens is 218 g/mol. The fourth-order valence-corrected chi connectivity index (χ4v) is 1.64. The third kappa shape index (κ3) is 3.12. The Kier molecular flexibility index (Phi) is 4.37. The molecule has 0 heterocycles. The predicted octanol–water partition coefficient (Wildman–Crippen LogP) is 2.51. The monoisotopic (exact) mass is 237 g/mol. The van der Waals surface area contributed by atoms with Gasteiger partial charge in [0.25, 0.3) is 0 Å². The number of methoxy groups -OCH3 is 2. The van der Waals surface area contributed by atoms with Crippen LogP contribution in [0.5, 0.6) is 5.75 Å². The summed E-state index contributed by atoms with van der Waals surface area (Å²) in [5.74, 6) is 0.795. The van der Waals surface area contributed by atoms with Crippen molar-refractivity contribution in [1.82, 2.24) is 4.90 Å². The van der Waals surface area contributed by atoms with Crippen molar-refractivity contribution in [1.29, 1.82) is 0 Å². The van der Waals surface area contributed by atoms with Crippen molar-refractivity contribution in [2.45, 2.75) is 20.4 Å². The first-order valence-electron chi connectivity index (χ1n) is 5.42. The molecule has 0 aromatic heterocycles. The van der Waals surface area contributed by atoms with Gasteiger partial charge in [-0.25, -0.2) is 4.79 Å². The second-order valence-corrected chi connectivity index (χ2v) is 4.07. The molecule has 0 radical (unpaired) electrons. The number of rotatable bonds is 3. The number of aryl methyl sites for hydroxylation is 2. The first-order chi connectivity index (χ1) is 7.99. The largest absolute Gasteiger partial charge is 0.496 e. The van der Waals surface area contributed by atoms with Gasteiger partial charge < -0.3 is 14.4 Å². The normalized spacial score (nSPS) is 9.94. The molecule has 17 heavy (non-hydrogen) atoms.